The third-order valence-electron chi connectivity index (χ3n) is 2.47. The minimum atomic E-state index is 0.176. The second kappa shape index (κ2) is 5.48. The van der Waals surface area contributed by atoms with Crippen molar-refractivity contribution in [3.63, 3.8) is 0 Å². The van der Waals surface area contributed by atoms with E-state index < -0.39 is 0 Å². The summed E-state index contributed by atoms with van der Waals surface area (Å²) in [6, 6.07) is 0. The predicted octanol–water partition coefficient (Wildman–Crippen LogP) is 4.63. The van der Waals surface area contributed by atoms with Crippen LogP contribution in [0.1, 0.15) is 5.56 Å². The van der Waals surface area contributed by atoms with Gasteiger partial charge in [0.2, 0.25) is 6.33 Å². The fraction of sp³-hybridized carbons (Fsp3) is 0.182. The van der Waals surface area contributed by atoms with E-state index in [2.05, 4.69) is 0 Å². The Hall–Kier alpha value is -0.120. The van der Waals surface area contributed by atoms with Gasteiger partial charge < -0.3 is 0 Å². The molecule has 1 aromatic heterocycles. The standard InChI is InChI=1S/C11H8Cl5N2/c1-17-2-3-18(5-17)4-6-7(12)9(14)11(16)10(15)8(6)13/h2-3,5H,4H2,1H3/q+1. The molecule has 1 aromatic carbocycles. The lowest BCUT2D eigenvalue weighted by molar-refractivity contribution is -0.671. The molecule has 2 rings (SSSR count). The van der Waals surface area contributed by atoms with Crippen LogP contribution in [0.4, 0.5) is 0 Å². The van der Waals surface area contributed by atoms with Crippen LogP contribution in [0.5, 0.6) is 0 Å². The van der Waals surface area contributed by atoms with Crippen molar-refractivity contribution < 1.29 is 4.57 Å². The molecule has 0 unspecified atom stereocenters. The summed E-state index contributed by atoms with van der Waals surface area (Å²) in [5.74, 6) is 0. The third-order valence-corrected chi connectivity index (χ3v) is 4.82. The van der Waals surface area contributed by atoms with Gasteiger partial charge in [-0.2, -0.15) is 0 Å². The van der Waals surface area contributed by atoms with E-state index in [1.165, 1.54) is 0 Å². The zero-order valence-electron chi connectivity index (χ0n) is 9.22. The minimum absolute atomic E-state index is 0.176. The molecule has 0 saturated heterocycles. The second-order valence-corrected chi connectivity index (χ2v) is 5.69. The van der Waals surface area contributed by atoms with Gasteiger partial charge in [0.05, 0.1) is 32.2 Å². The number of rotatable bonds is 2. The molecule has 96 valence electrons. The summed E-state index contributed by atoms with van der Waals surface area (Å²) in [5, 5.41) is 1.27. The average molecular weight is 345 g/mol. The van der Waals surface area contributed by atoms with Crippen LogP contribution in [-0.4, -0.2) is 4.57 Å². The Labute approximate surface area is 130 Å². The van der Waals surface area contributed by atoms with E-state index in [0.717, 1.165) is 0 Å². The topological polar surface area (TPSA) is 8.81 Å². The Kier molecular flexibility index (Phi) is 4.35. The molecule has 2 nitrogen and oxygen atoms in total. The maximum absolute atomic E-state index is 6.15. The quantitative estimate of drug-likeness (QED) is 0.426. The molecule has 0 fully saturated rings. The fourth-order valence-electron chi connectivity index (χ4n) is 1.57. The number of nitrogens with zero attached hydrogens (tertiary/aromatic N) is 2. The first-order chi connectivity index (χ1) is 8.41. The Bertz CT molecular complexity index is 577. The largest absolute Gasteiger partial charge is 0.243 e. The van der Waals surface area contributed by atoms with E-state index in [9.17, 15) is 0 Å². The fourth-order valence-corrected chi connectivity index (χ4v) is 2.86. The smallest absolute Gasteiger partial charge is 0.240 e. The molecule has 0 N–H and O–H groups in total. The SMILES string of the molecule is C[n+]1ccn(Cc2c(Cl)c(Cl)c(Cl)c(Cl)c2Cl)c1. The molecule has 0 amide bonds. The van der Waals surface area contributed by atoms with Gasteiger partial charge in [-0.15, -0.1) is 0 Å². The molecular formula is C11H8Cl5N2+. The Morgan fingerprint density at radius 2 is 1.44 bits per heavy atom. The molecular weight excluding hydrogens is 337 g/mol. The van der Waals surface area contributed by atoms with Gasteiger partial charge in [-0.3, -0.25) is 0 Å². The Morgan fingerprint density at radius 1 is 0.944 bits per heavy atom. The third kappa shape index (κ3) is 2.59. The van der Waals surface area contributed by atoms with Crippen molar-refractivity contribution in [2.24, 2.45) is 7.05 Å². The maximum Gasteiger partial charge on any atom is 0.243 e. The second-order valence-electron chi connectivity index (χ2n) is 3.80. The summed E-state index contributed by atoms with van der Waals surface area (Å²) in [6.07, 6.45) is 5.69. The maximum atomic E-state index is 6.15. The number of hydrogen-bond acceptors (Lipinski definition) is 0. The van der Waals surface area contributed by atoms with E-state index in [0.29, 0.717) is 22.2 Å². The van der Waals surface area contributed by atoms with Gasteiger partial charge in [0, 0.05) is 5.56 Å². The molecule has 0 saturated carbocycles. The van der Waals surface area contributed by atoms with Gasteiger partial charge >= 0.3 is 0 Å². The highest BCUT2D eigenvalue weighted by Gasteiger charge is 2.20. The highest BCUT2D eigenvalue weighted by atomic mass is 35.5. The molecule has 18 heavy (non-hydrogen) atoms. The number of imidazole rings is 1. The number of benzene rings is 1. The first-order valence-electron chi connectivity index (χ1n) is 4.93. The van der Waals surface area contributed by atoms with Crippen LogP contribution in [0.25, 0.3) is 0 Å². The minimum Gasteiger partial charge on any atom is -0.240 e. The van der Waals surface area contributed by atoms with Crippen molar-refractivity contribution in [2.45, 2.75) is 6.54 Å². The van der Waals surface area contributed by atoms with Crippen LogP contribution in [0.15, 0.2) is 18.7 Å². The van der Waals surface area contributed by atoms with E-state index >= 15 is 0 Å². The highest BCUT2D eigenvalue weighted by Crippen LogP contribution is 2.44. The summed E-state index contributed by atoms with van der Waals surface area (Å²) in [6.45, 7) is 0.467. The molecule has 0 bridgehead atoms. The summed E-state index contributed by atoms with van der Waals surface area (Å²) in [5.41, 5.74) is 0.647. The van der Waals surface area contributed by atoms with Gasteiger partial charge in [0.15, 0.2) is 0 Å². The lowest BCUT2D eigenvalue weighted by atomic mass is 10.2. The van der Waals surface area contributed by atoms with Crippen LogP contribution in [0, 0.1) is 0 Å². The van der Waals surface area contributed by atoms with Crippen LogP contribution >= 0.6 is 58.0 Å². The number of halogens is 5. The van der Waals surface area contributed by atoms with Gasteiger partial charge in [-0.1, -0.05) is 58.0 Å². The Morgan fingerprint density at radius 3 is 1.89 bits per heavy atom. The van der Waals surface area contributed by atoms with Gasteiger partial charge in [-0.05, 0) is 0 Å². The summed E-state index contributed by atoms with van der Waals surface area (Å²) in [4.78, 5) is 0. The lowest BCUT2D eigenvalue weighted by Crippen LogP contribution is -2.23. The number of aromatic nitrogens is 2. The van der Waals surface area contributed by atoms with Crippen LogP contribution in [0.3, 0.4) is 0 Å². The highest BCUT2D eigenvalue weighted by molar-refractivity contribution is 6.55. The van der Waals surface area contributed by atoms with Crippen molar-refractivity contribution in [1.29, 1.82) is 0 Å². The molecule has 7 heteroatoms. The number of aryl methyl sites for hydroxylation is 1. The van der Waals surface area contributed by atoms with Gasteiger partial charge in [0.25, 0.3) is 0 Å². The van der Waals surface area contributed by atoms with E-state index in [4.69, 9.17) is 58.0 Å². The molecule has 0 atom stereocenters. The summed E-state index contributed by atoms with van der Waals surface area (Å²) >= 11 is 30.2. The molecule has 1 heterocycles. The first-order valence-corrected chi connectivity index (χ1v) is 6.82. The van der Waals surface area contributed by atoms with Crippen molar-refractivity contribution in [3.8, 4) is 0 Å². The van der Waals surface area contributed by atoms with Gasteiger partial charge in [0.1, 0.15) is 18.9 Å². The van der Waals surface area contributed by atoms with Crippen LogP contribution in [0.2, 0.25) is 25.1 Å². The van der Waals surface area contributed by atoms with Crippen LogP contribution in [-0.2, 0) is 13.6 Å². The molecule has 0 aliphatic rings. The monoisotopic (exact) mass is 343 g/mol. The molecule has 0 radical (unpaired) electrons. The van der Waals surface area contributed by atoms with Crippen molar-refractivity contribution in [2.75, 3.05) is 0 Å². The van der Waals surface area contributed by atoms with E-state index in [1.807, 2.05) is 34.9 Å². The zero-order chi connectivity index (χ0) is 13.4. The van der Waals surface area contributed by atoms with Crippen molar-refractivity contribution in [3.05, 3.63) is 49.4 Å². The molecule has 2 aromatic rings. The van der Waals surface area contributed by atoms with Crippen LogP contribution < -0.4 is 4.57 Å². The average Bonchev–Trinajstić information content (AvgIpc) is 2.75. The Balaban J connectivity index is 2.51. The first kappa shape index (κ1) is 14.3. The molecule has 0 aliphatic carbocycles. The zero-order valence-corrected chi connectivity index (χ0v) is 13.0. The van der Waals surface area contributed by atoms with E-state index in [-0.39, 0.29) is 15.1 Å². The predicted molar refractivity (Wildman–Crippen MR) is 76.2 cm³/mol. The lowest BCUT2D eigenvalue weighted by Gasteiger charge is -2.10. The molecule has 0 spiro atoms. The molecule has 0 aliphatic heterocycles. The van der Waals surface area contributed by atoms with Crippen molar-refractivity contribution in [1.82, 2.24) is 4.57 Å². The van der Waals surface area contributed by atoms with Gasteiger partial charge in [-0.25, -0.2) is 9.13 Å². The van der Waals surface area contributed by atoms with Crippen molar-refractivity contribution >= 4 is 58.0 Å². The van der Waals surface area contributed by atoms with E-state index in [1.54, 1.807) is 0 Å². The summed E-state index contributed by atoms with van der Waals surface area (Å²) < 4.78 is 3.81. The number of hydrogen-bond donors (Lipinski definition) is 0. The normalized spacial score (nSPS) is 11.0. The summed E-state index contributed by atoms with van der Waals surface area (Å²) in [7, 11) is 1.92.